The zero-order chi connectivity index (χ0) is 14.1. The molecule has 0 radical (unpaired) electrons. The molecule has 0 fully saturated rings. The van der Waals surface area contributed by atoms with Gasteiger partial charge in [-0.1, -0.05) is 34.8 Å². The van der Waals surface area contributed by atoms with Gasteiger partial charge in [0.05, 0.1) is 22.2 Å². The molecular formula is C10H6Cl3F3O2. The molecule has 0 N–H and O–H groups in total. The van der Waals surface area contributed by atoms with Crippen molar-refractivity contribution in [1.29, 1.82) is 0 Å². The number of benzene rings is 1. The van der Waals surface area contributed by atoms with Crippen LogP contribution < -0.4 is 0 Å². The number of hydrogen-bond donors (Lipinski definition) is 0. The number of methoxy groups -OCH3 is 1. The Bertz CT molecular complexity index is 451. The van der Waals surface area contributed by atoms with E-state index in [-0.39, 0.29) is 15.1 Å². The fourth-order valence-corrected chi connectivity index (χ4v) is 1.93. The zero-order valence-electron chi connectivity index (χ0n) is 8.82. The molecule has 0 aliphatic heterocycles. The Morgan fingerprint density at radius 2 is 1.67 bits per heavy atom. The van der Waals surface area contributed by atoms with Crippen LogP contribution in [0.25, 0.3) is 0 Å². The summed E-state index contributed by atoms with van der Waals surface area (Å²) in [5, 5.41) is -0.414. The monoisotopic (exact) mass is 320 g/mol. The molecule has 8 heteroatoms. The molecule has 0 aliphatic rings. The van der Waals surface area contributed by atoms with Crippen LogP contribution in [0.3, 0.4) is 0 Å². The van der Waals surface area contributed by atoms with Crippen LogP contribution in [-0.4, -0.2) is 19.3 Å². The topological polar surface area (TPSA) is 26.3 Å². The van der Waals surface area contributed by atoms with Gasteiger partial charge >= 0.3 is 12.1 Å². The van der Waals surface area contributed by atoms with E-state index in [4.69, 9.17) is 34.8 Å². The number of ether oxygens (including phenoxy) is 1. The number of carbonyl (C=O) groups excluding carboxylic acids is 1. The molecule has 0 saturated carbocycles. The van der Waals surface area contributed by atoms with Crippen molar-refractivity contribution in [2.45, 2.75) is 12.1 Å². The van der Waals surface area contributed by atoms with Crippen LogP contribution >= 0.6 is 34.8 Å². The summed E-state index contributed by atoms with van der Waals surface area (Å²) in [6.45, 7) is 0. The van der Waals surface area contributed by atoms with Crippen LogP contribution in [-0.2, 0) is 9.53 Å². The van der Waals surface area contributed by atoms with Gasteiger partial charge in [0.15, 0.2) is 5.92 Å². The van der Waals surface area contributed by atoms with Gasteiger partial charge in [-0.25, -0.2) is 0 Å². The average Bonchev–Trinajstić information content (AvgIpc) is 2.23. The second-order valence-electron chi connectivity index (χ2n) is 3.30. The lowest BCUT2D eigenvalue weighted by Crippen LogP contribution is -2.29. The molecule has 0 saturated heterocycles. The van der Waals surface area contributed by atoms with Crippen molar-refractivity contribution in [3.63, 3.8) is 0 Å². The summed E-state index contributed by atoms with van der Waals surface area (Å²) in [7, 11) is 0.861. The Balaban J connectivity index is 3.35. The van der Waals surface area contributed by atoms with Crippen molar-refractivity contribution in [3.05, 3.63) is 32.8 Å². The van der Waals surface area contributed by atoms with Crippen molar-refractivity contribution >= 4 is 40.8 Å². The van der Waals surface area contributed by atoms with Gasteiger partial charge in [0.2, 0.25) is 0 Å². The normalized spacial score (nSPS) is 13.3. The molecule has 1 aromatic carbocycles. The third-order valence-electron chi connectivity index (χ3n) is 2.10. The van der Waals surface area contributed by atoms with Crippen LogP contribution in [0.15, 0.2) is 12.1 Å². The minimum atomic E-state index is -4.81. The fourth-order valence-electron chi connectivity index (χ4n) is 1.32. The van der Waals surface area contributed by atoms with Gasteiger partial charge in [0, 0.05) is 0 Å². The molecule has 0 heterocycles. The van der Waals surface area contributed by atoms with Gasteiger partial charge in [-0.05, 0) is 17.7 Å². The van der Waals surface area contributed by atoms with Crippen molar-refractivity contribution in [3.8, 4) is 0 Å². The van der Waals surface area contributed by atoms with Gasteiger partial charge < -0.3 is 4.74 Å². The molecule has 0 aromatic heterocycles. The van der Waals surface area contributed by atoms with E-state index < -0.39 is 23.6 Å². The third-order valence-corrected chi connectivity index (χ3v) is 3.30. The van der Waals surface area contributed by atoms with Crippen molar-refractivity contribution in [1.82, 2.24) is 0 Å². The third kappa shape index (κ3) is 3.22. The number of esters is 1. The summed E-state index contributed by atoms with van der Waals surface area (Å²) < 4.78 is 42.5. The maximum Gasteiger partial charge on any atom is 0.406 e. The number of alkyl halides is 3. The van der Waals surface area contributed by atoms with E-state index in [0.29, 0.717) is 0 Å². The summed E-state index contributed by atoms with van der Waals surface area (Å²) in [4.78, 5) is 11.2. The molecule has 1 atom stereocenters. The van der Waals surface area contributed by atoms with Crippen LogP contribution in [0.4, 0.5) is 13.2 Å². The van der Waals surface area contributed by atoms with E-state index in [9.17, 15) is 18.0 Å². The lowest BCUT2D eigenvalue weighted by molar-refractivity contribution is -0.179. The Labute approximate surface area is 116 Å². The van der Waals surface area contributed by atoms with Gasteiger partial charge in [0.25, 0.3) is 0 Å². The summed E-state index contributed by atoms with van der Waals surface area (Å²) >= 11 is 16.9. The Morgan fingerprint density at radius 3 is 2.00 bits per heavy atom. The standard InChI is InChI=1S/C10H6Cl3F3O2/c1-18-9(17)7(10(14,15)16)4-2-5(11)8(13)6(12)3-4/h2-3,7H,1H3. The smallest absolute Gasteiger partial charge is 0.406 e. The quantitative estimate of drug-likeness (QED) is 0.593. The first-order valence-corrected chi connectivity index (χ1v) is 5.61. The highest BCUT2D eigenvalue weighted by Crippen LogP contribution is 2.40. The minimum Gasteiger partial charge on any atom is -0.468 e. The molecule has 2 nitrogen and oxygen atoms in total. The fraction of sp³-hybridized carbons (Fsp3) is 0.300. The van der Waals surface area contributed by atoms with Crippen LogP contribution in [0.1, 0.15) is 11.5 Å². The number of rotatable bonds is 2. The van der Waals surface area contributed by atoms with Gasteiger partial charge in [-0.15, -0.1) is 0 Å². The van der Waals surface area contributed by atoms with Crippen LogP contribution in [0.5, 0.6) is 0 Å². The summed E-state index contributed by atoms with van der Waals surface area (Å²) in [5.41, 5.74) is -0.422. The molecule has 0 bridgehead atoms. The first kappa shape index (κ1) is 15.4. The molecule has 100 valence electrons. The Kier molecular flexibility index (Phi) is 4.75. The lowest BCUT2D eigenvalue weighted by Gasteiger charge is -2.19. The summed E-state index contributed by atoms with van der Waals surface area (Å²) in [5.74, 6) is -3.90. The molecule has 1 unspecified atom stereocenters. The van der Waals surface area contributed by atoms with Gasteiger partial charge in [-0.3, -0.25) is 4.79 Å². The summed E-state index contributed by atoms with van der Waals surface area (Å²) in [6.07, 6.45) is -4.81. The van der Waals surface area contributed by atoms with Crippen LogP contribution in [0.2, 0.25) is 15.1 Å². The van der Waals surface area contributed by atoms with Crippen molar-refractivity contribution in [2.75, 3.05) is 7.11 Å². The number of hydrogen-bond acceptors (Lipinski definition) is 2. The predicted octanol–water partition coefficient (Wildman–Crippen LogP) is 4.47. The maximum absolute atomic E-state index is 12.8. The van der Waals surface area contributed by atoms with E-state index in [1.165, 1.54) is 0 Å². The highest BCUT2D eigenvalue weighted by molar-refractivity contribution is 6.48. The van der Waals surface area contributed by atoms with Gasteiger partial charge in [-0.2, -0.15) is 13.2 Å². The van der Waals surface area contributed by atoms with E-state index in [1.54, 1.807) is 0 Å². The molecule has 0 aliphatic carbocycles. The molecule has 1 aromatic rings. The minimum absolute atomic E-state index is 0.0760. The predicted molar refractivity (Wildman–Crippen MR) is 62.3 cm³/mol. The first-order chi connectivity index (χ1) is 8.18. The SMILES string of the molecule is COC(=O)C(c1cc(Cl)c(Cl)c(Cl)c1)C(F)(F)F. The number of carbonyl (C=O) groups is 1. The van der Waals surface area contributed by atoms with Crippen molar-refractivity contribution in [2.24, 2.45) is 0 Å². The molecule has 0 amide bonds. The Morgan fingerprint density at radius 1 is 1.22 bits per heavy atom. The lowest BCUT2D eigenvalue weighted by atomic mass is 9.99. The van der Waals surface area contributed by atoms with Crippen molar-refractivity contribution < 1.29 is 22.7 Å². The number of halogens is 6. The highest BCUT2D eigenvalue weighted by Gasteiger charge is 2.47. The average molecular weight is 322 g/mol. The van der Waals surface area contributed by atoms with E-state index in [0.717, 1.165) is 19.2 Å². The largest absolute Gasteiger partial charge is 0.468 e. The second-order valence-corrected chi connectivity index (χ2v) is 4.49. The van der Waals surface area contributed by atoms with E-state index in [1.807, 2.05) is 0 Å². The van der Waals surface area contributed by atoms with E-state index in [2.05, 4.69) is 4.74 Å². The van der Waals surface area contributed by atoms with Gasteiger partial charge in [0.1, 0.15) is 0 Å². The van der Waals surface area contributed by atoms with E-state index >= 15 is 0 Å². The summed E-state index contributed by atoms with van der Waals surface area (Å²) in [6, 6.07) is 1.87. The second kappa shape index (κ2) is 5.55. The highest BCUT2D eigenvalue weighted by atomic mass is 35.5. The molecule has 18 heavy (non-hydrogen) atoms. The maximum atomic E-state index is 12.8. The zero-order valence-corrected chi connectivity index (χ0v) is 11.1. The molecular weight excluding hydrogens is 315 g/mol. The van der Waals surface area contributed by atoms with Crippen LogP contribution in [0, 0.1) is 0 Å². The first-order valence-electron chi connectivity index (χ1n) is 4.47. The molecule has 0 spiro atoms. The Hall–Kier alpha value is -0.650. The molecule has 1 rings (SSSR count).